The molecule has 1 unspecified atom stereocenters. The van der Waals surface area contributed by atoms with Crippen molar-refractivity contribution in [3.05, 3.63) is 35.4 Å². The fourth-order valence-electron chi connectivity index (χ4n) is 3.29. The fraction of sp³-hybridized carbons (Fsp3) is 0.471. The van der Waals surface area contributed by atoms with E-state index in [1.807, 2.05) is 24.3 Å². The van der Waals surface area contributed by atoms with Crippen LogP contribution >= 0.6 is 0 Å². The zero-order valence-corrected chi connectivity index (χ0v) is 12.9. The van der Waals surface area contributed by atoms with Crippen molar-refractivity contribution in [3.8, 4) is 6.07 Å². The van der Waals surface area contributed by atoms with Crippen LogP contribution in [0.2, 0.25) is 0 Å². The lowest BCUT2D eigenvalue weighted by molar-refractivity contribution is -0.138. The molecule has 1 aromatic rings. The highest BCUT2D eigenvalue weighted by atomic mass is 16.2. The SMILES string of the molecule is N#C[C@@H]1CCCN1C(=O)C(N)CC(=O)N1Cc2ccccc2C1. The van der Waals surface area contributed by atoms with Crippen LogP contribution in [-0.2, 0) is 22.7 Å². The molecule has 0 saturated carbocycles. The predicted molar refractivity (Wildman–Crippen MR) is 83.6 cm³/mol. The number of hydrogen-bond acceptors (Lipinski definition) is 4. The molecule has 0 radical (unpaired) electrons. The van der Waals surface area contributed by atoms with E-state index in [2.05, 4.69) is 6.07 Å². The Morgan fingerprint density at radius 3 is 2.57 bits per heavy atom. The molecule has 0 aliphatic carbocycles. The Kier molecular flexibility index (Phi) is 4.30. The van der Waals surface area contributed by atoms with Crippen LogP contribution in [0.25, 0.3) is 0 Å². The van der Waals surface area contributed by atoms with Gasteiger partial charge in [-0.25, -0.2) is 0 Å². The largest absolute Gasteiger partial charge is 0.334 e. The Morgan fingerprint density at radius 1 is 1.30 bits per heavy atom. The predicted octanol–water partition coefficient (Wildman–Crippen LogP) is 0.761. The third-order valence-corrected chi connectivity index (χ3v) is 4.59. The summed E-state index contributed by atoms with van der Waals surface area (Å²) in [6, 6.07) is 8.78. The van der Waals surface area contributed by atoms with E-state index in [1.165, 1.54) is 4.90 Å². The minimum Gasteiger partial charge on any atom is -0.334 e. The van der Waals surface area contributed by atoms with Gasteiger partial charge < -0.3 is 15.5 Å². The van der Waals surface area contributed by atoms with Crippen LogP contribution in [-0.4, -0.2) is 40.2 Å². The van der Waals surface area contributed by atoms with Crippen LogP contribution in [0.5, 0.6) is 0 Å². The highest BCUT2D eigenvalue weighted by Gasteiger charge is 2.33. The van der Waals surface area contributed by atoms with E-state index >= 15 is 0 Å². The van der Waals surface area contributed by atoms with Crippen molar-refractivity contribution in [1.82, 2.24) is 9.80 Å². The zero-order valence-electron chi connectivity index (χ0n) is 12.9. The summed E-state index contributed by atoms with van der Waals surface area (Å²) in [5, 5.41) is 9.06. The summed E-state index contributed by atoms with van der Waals surface area (Å²) >= 11 is 0. The van der Waals surface area contributed by atoms with Gasteiger partial charge in [-0.3, -0.25) is 9.59 Å². The van der Waals surface area contributed by atoms with Crippen molar-refractivity contribution < 1.29 is 9.59 Å². The number of nitrogens with two attached hydrogens (primary N) is 1. The van der Waals surface area contributed by atoms with E-state index in [0.717, 1.165) is 17.5 Å². The van der Waals surface area contributed by atoms with Crippen molar-refractivity contribution in [2.24, 2.45) is 5.73 Å². The maximum absolute atomic E-state index is 12.4. The minimum absolute atomic E-state index is 0.0124. The molecule has 120 valence electrons. The summed E-state index contributed by atoms with van der Waals surface area (Å²) in [6.45, 7) is 1.69. The van der Waals surface area contributed by atoms with E-state index in [0.29, 0.717) is 26.1 Å². The number of hydrogen-bond donors (Lipinski definition) is 1. The molecule has 6 heteroatoms. The fourth-order valence-corrected chi connectivity index (χ4v) is 3.29. The maximum Gasteiger partial charge on any atom is 0.241 e. The third kappa shape index (κ3) is 3.06. The molecule has 1 saturated heterocycles. The van der Waals surface area contributed by atoms with E-state index in [4.69, 9.17) is 11.0 Å². The molecule has 0 spiro atoms. The summed E-state index contributed by atoms with van der Waals surface area (Å²) in [6.07, 6.45) is 1.48. The van der Waals surface area contributed by atoms with Gasteiger partial charge in [-0.2, -0.15) is 5.26 Å². The molecule has 6 nitrogen and oxygen atoms in total. The topological polar surface area (TPSA) is 90.4 Å². The highest BCUT2D eigenvalue weighted by Crippen LogP contribution is 2.23. The first-order valence-corrected chi connectivity index (χ1v) is 7.90. The smallest absolute Gasteiger partial charge is 0.241 e. The van der Waals surface area contributed by atoms with Crippen LogP contribution in [0.1, 0.15) is 30.4 Å². The summed E-state index contributed by atoms with van der Waals surface area (Å²) in [5.41, 5.74) is 8.23. The maximum atomic E-state index is 12.4. The lowest BCUT2D eigenvalue weighted by Gasteiger charge is -2.24. The van der Waals surface area contributed by atoms with E-state index in [1.54, 1.807) is 4.90 Å². The molecule has 2 aliphatic heterocycles. The van der Waals surface area contributed by atoms with Crippen LogP contribution in [0.15, 0.2) is 24.3 Å². The molecule has 3 rings (SSSR count). The van der Waals surface area contributed by atoms with Gasteiger partial charge in [-0.05, 0) is 24.0 Å². The molecule has 0 aromatic heterocycles. The number of amides is 2. The van der Waals surface area contributed by atoms with Crippen molar-refractivity contribution in [2.45, 2.75) is 44.4 Å². The summed E-state index contributed by atoms with van der Waals surface area (Å²) in [4.78, 5) is 28.0. The molecular formula is C17H20N4O2. The number of carbonyl (C=O) groups excluding carboxylic acids is 2. The summed E-state index contributed by atoms with van der Waals surface area (Å²) < 4.78 is 0. The lowest BCUT2D eigenvalue weighted by Crippen LogP contribution is -2.47. The third-order valence-electron chi connectivity index (χ3n) is 4.59. The second kappa shape index (κ2) is 6.39. The van der Waals surface area contributed by atoms with Crippen molar-refractivity contribution in [3.63, 3.8) is 0 Å². The van der Waals surface area contributed by atoms with Crippen LogP contribution < -0.4 is 5.73 Å². The quantitative estimate of drug-likeness (QED) is 0.892. The van der Waals surface area contributed by atoms with Gasteiger partial charge in [0.2, 0.25) is 11.8 Å². The zero-order chi connectivity index (χ0) is 16.4. The number of nitriles is 1. The molecule has 1 aromatic carbocycles. The average molecular weight is 312 g/mol. The van der Waals surface area contributed by atoms with Gasteiger partial charge in [-0.15, -0.1) is 0 Å². The van der Waals surface area contributed by atoms with Gasteiger partial charge >= 0.3 is 0 Å². The first-order chi connectivity index (χ1) is 11.1. The van der Waals surface area contributed by atoms with Gasteiger partial charge in [0.15, 0.2) is 0 Å². The van der Waals surface area contributed by atoms with Crippen molar-refractivity contribution in [1.29, 1.82) is 5.26 Å². The lowest BCUT2D eigenvalue weighted by atomic mass is 10.1. The molecule has 23 heavy (non-hydrogen) atoms. The number of rotatable bonds is 3. The van der Waals surface area contributed by atoms with Crippen LogP contribution in [0.3, 0.4) is 0 Å². The minimum atomic E-state index is -0.875. The van der Waals surface area contributed by atoms with Gasteiger partial charge in [0.1, 0.15) is 6.04 Å². The molecule has 1 fully saturated rings. The Bertz CT molecular complexity index is 642. The summed E-state index contributed by atoms with van der Waals surface area (Å²) in [7, 11) is 0. The molecule has 2 heterocycles. The Balaban J connectivity index is 1.58. The van der Waals surface area contributed by atoms with Crippen molar-refractivity contribution >= 4 is 11.8 Å². The van der Waals surface area contributed by atoms with Crippen LogP contribution in [0.4, 0.5) is 0 Å². The summed E-state index contributed by atoms with van der Waals surface area (Å²) in [5.74, 6) is -0.408. The van der Waals surface area contributed by atoms with E-state index < -0.39 is 12.1 Å². The Labute approximate surface area is 135 Å². The van der Waals surface area contributed by atoms with E-state index in [9.17, 15) is 9.59 Å². The second-order valence-electron chi connectivity index (χ2n) is 6.15. The number of nitrogens with zero attached hydrogens (tertiary/aromatic N) is 3. The highest BCUT2D eigenvalue weighted by molar-refractivity contribution is 5.89. The van der Waals surface area contributed by atoms with E-state index in [-0.39, 0.29) is 18.2 Å². The second-order valence-corrected chi connectivity index (χ2v) is 6.15. The van der Waals surface area contributed by atoms with Gasteiger partial charge in [0.25, 0.3) is 0 Å². The van der Waals surface area contributed by atoms with Crippen LogP contribution in [0, 0.1) is 11.3 Å². The normalized spacial score (nSPS) is 21.0. The van der Waals surface area contributed by atoms with Gasteiger partial charge in [-0.1, -0.05) is 24.3 Å². The monoisotopic (exact) mass is 312 g/mol. The molecule has 2 atom stereocenters. The Hall–Kier alpha value is -2.39. The number of carbonyl (C=O) groups is 2. The molecule has 2 N–H and O–H groups in total. The average Bonchev–Trinajstić information content (AvgIpc) is 3.20. The molecular weight excluding hydrogens is 292 g/mol. The number of fused-ring (bicyclic) bond motifs is 1. The van der Waals surface area contributed by atoms with Gasteiger partial charge in [0.05, 0.1) is 18.5 Å². The number of benzene rings is 1. The first kappa shape index (κ1) is 15.5. The number of likely N-dealkylation sites (tertiary alicyclic amines) is 1. The van der Waals surface area contributed by atoms with Crippen molar-refractivity contribution in [2.75, 3.05) is 6.54 Å². The standard InChI is InChI=1S/C17H20N4O2/c18-9-14-6-3-7-21(14)17(23)15(19)8-16(22)20-10-12-4-1-2-5-13(12)11-20/h1-2,4-5,14-15H,3,6-8,10-11,19H2/t14-,15?/m0/s1. The molecule has 0 bridgehead atoms. The molecule has 2 amide bonds. The molecule has 2 aliphatic rings. The Morgan fingerprint density at radius 2 is 1.96 bits per heavy atom. The van der Waals surface area contributed by atoms with Gasteiger partial charge in [0, 0.05) is 19.6 Å². The first-order valence-electron chi connectivity index (χ1n) is 7.90.